The summed E-state index contributed by atoms with van der Waals surface area (Å²) in [4.78, 5) is 12.0. The average molecular weight is 709 g/mol. The van der Waals surface area contributed by atoms with E-state index in [4.69, 9.17) is 9.97 Å². The van der Waals surface area contributed by atoms with Crippen LogP contribution >= 0.6 is 11.3 Å². The van der Waals surface area contributed by atoms with Gasteiger partial charge in [-0.1, -0.05) is 129 Å². The summed E-state index contributed by atoms with van der Waals surface area (Å²) in [6.07, 6.45) is 0. The number of fused-ring (bicyclic) bond motifs is 12. The smallest absolute Gasteiger partial charge is 0.238 e. The van der Waals surface area contributed by atoms with Crippen LogP contribution in [0.15, 0.2) is 158 Å². The number of hydrogen-bond acceptors (Lipinski definition) is 3. The molecule has 0 aliphatic heterocycles. The molecule has 0 radical (unpaired) electrons. The zero-order valence-electron chi connectivity index (χ0n) is 29.7. The maximum absolute atomic E-state index is 5.62. The minimum Gasteiger partial charge on any atom is -0.293 e. The third-order valence-corrected chi connectivity index (χ3v) is 12.9. The van der Waals surface area contributed by atoms with Crippen LogP contribution in [-0.2, 0) is 5.41 Å². The number of rotatable bonds is 3. The number of thiophene rings is 1. The van der Waals surface area contributed by atoms with E-state index in [9.17, 15) is 0 Å². The first kappa shape index (κ1) is 30.0. The molecule has 1 aliphatic rings. The number of nitrogens with zero attached hydrogens (tertiary/aromatic N) is 4. The summed E-state index contributed by atoms with van der Waals surface area (Å²) in [6, 6.07) is 57.3. The second-order valence-electron chi connectivity index (χ2n) is 15.0. The summed E-state index contributed by atoms with van der Waals surface area (Å²) in [5.74, 6) is 1.56. The molecular formula is C49H32N4S. The Kier molecular flexibility index (Phi) is 5.96. The van der Waals surface area contributed by atoms with Gasteiger partial charge in [-0.15, -0.1) is 11.3 Å². The van der Waals surface area contributed by atoms with Crippen molar-refractivity contribution in [1.82, 2.24) is 19.1 Å². The molecule has 1 aliphatic carbocycles. The van der Waals surface area contributed by atoms with E-state index in [1.807, 2.05) is 0 Å². The number of benzene rings is 7. The Balaban J connectivity index is 1.16. The first-order valence-electron chi connectivity index (χ1n) is 18.5. The second kappa shape index (κ2) is 10.8. The van der Waals surface area contributed by atoms with Gasteiger partial charge in [0.05, 0.1) is 27.5 Å². The van der Waals surface area contributed by atoms with E-state index in [-0.39, 0.29) is 5.41 Å². The molecule has 12 rings (SSSR count). The van der Waals surface area contributed by atoms with E-state index in [1.54, 1.807) is 11.3 Å². The molecule has 0 unspecified atom stereocenters. The monoisotopic (exact) mass is 708 g/mol. The van der Waals surface area contributed by atoms with Crippen LogP contribution in [0.2, 0.25) is 0 Å². The van der Waals surface area contributed by atoms with Gasteiger partial charge in [-0.3, -0.25) is 9.13 Å². The van der Waals surface area contributed by atoms with Gasteiger partial charge in [-0.2, -0.15) is 4.98 Å². The van der Waals surface area contributed by atoms with Crippen molar-refractivity contribution in [2.24, 2.45) is 0 Å². The molecule has 0 saturated carbocycles. The number of aromatic nitrogens is 4. The lowest BCUT2D eigenvalue weighted by atomic mass is 9.81. The van der Waals surface area contributed by atoms with E-state index in [1.165, 1.54) is 65.0 Å². The second-order valence-corrected chi connectivity index (χ2v) is 16.0. The molecule has 0 N–H and O–H groups in total. The van der Waals surface area contributed by atoms with Crippen molar-refractivity contribution >= 4 is 75.3 Å². The van der Waals surface area contributed by atoms with Crippen LogP contribution < -0.4 is 0 Å². The third kappa shape index (κ3) is 3.97. The van der Waals surface area contributed by atoms with Gasteiger partial charge in [-0.25, -0.2) is 4.98 Å². The van der Waals surface area contributed by atoms with Crippen molar-refractivity contribution in [3.8, 4) is 34.0 Å². The zero-order valence-corrected chi connectivity index (χ0v) is 30.5. The summed E-state index contributed by atoms with van der Waals surface area (Å²) in [5, 5.41) is 7.04. The van der Waals surface area contributed by atoms with Crippen molar-refractivity contribution < 1.29 is 0 Å². The first-order chi connectivity index (χ1) is 26.5. The topological polar surface area (TPSA) is 35.6 Å². The summed E-state index contributed by atoms with van der Waals surface area (Å²) >= 11 is 1.74. The van der Waals surface area contributed by atoms with Crippen molar-refractivity contribution in [1.29, 1.82) is 0 Å². The molecule has 5 heteroatoms. The molecule has 0 spiro atoms. The van der Waals surface area contributed by atoms with Crippen LogP contribution in [0.25, 0.3) is 97.9 Å². The largest absolute Gasteiger partial charge is 0.293 e. The molecule has 254 valence electrons. The molecule has 0 amide bonds. The van der Waals surface area contributed by atoms with Crippen LogP contribution in [0, 0.1) is 0 Å². The zero-order chi connectivity index (χ0) is 35.7. The Labute approximate surface area is 315 Å². The average Bonchev–Trinajstić information content (AvgIpc) is 3.93. The van der Waals surface area contributed by atoms with Crippen LogP contribution in [0.4, 0.5) is 0 Å². The standard InChI is InChI=1S/C49H32N4S/c1-49(2)38-18-8-3-13-31(38)32-25-23-30(28-39(32)49)29-24-26-44-37(27-29)45-46(52-40-19-9-4-14-33(40)34-15-5-10-20-41(34)52)50-48(51-47(45)54-44)53-42-21-11-6-16-35(42)36-17-7-12-22-43(36)53/h3-28H,1-2H3. The van der Waals surface area contributed by atoms with Crippen molar-refractivity contribution in [2.45, 2.75) is 19.3 Å². The quantitative estimate of drug-likeness (QED) is 0.183. The van der Waals surface area contributed by atoms with Gasteiger partial charge in [0.15, 0.2) is 5.82 Å². The van der Waals surface area contributed by atoms with E-state index < -0.39 is 0 Å². The van der Waals surface area contributed by atoms with Gasteiger partial charge in [0.1, 0.15) is 4.83 Å². The molecule has 4 aromatic heterocycles. The van der Waals surface area contributed by atoms with Gasteiger partial charge < -0.3 is 0 Å². The molecule has 0 bridgehead atoms. The highest BCUT2D eigenvalue weighted by Gasteiger charge is 2.35. The van der Waals surface area contributed by atoms with E-state index >= 15 is 0 Å². The van der Waals surface area contributed by atoms with E-state index in [0.29, 0.717) is 5.95 Å². The van der Waals surface area contributed by atoms with Gasteiger partial charge in [0, 0.05) is 37.0 Å². The highest BCUT2D eigenvalue weighted by Crippen LogP contribution is 2.50. The minimum atomic E-state index is -0.0676. The highest BCUT2D eigenvalue weighted by atomic mass is 32.1. The van der Waals surface area contributed by atoms with Crippen molar-refractivity contribution in [3.63, 3.8) is 0 Å². The van der Waals surface area contributed by atoms with Crippen LogP contribution in [0.3, 0.4) is 0 Å². The predicted molar refractivity (Wildman–Crippen MR) is 227 cm³/mol. The third-order valence-electron chi connectivity index (χ3n) is 11.8. The summed E-state index contributed by atoms with van der Waals surface area (Å²) in [7, 11) is 0. The lowest BCUT2D eigenvalue weighted by Crippen LogP contribution is -2.14. The van der Waals surface area contributed by atoms with Gasteiger partial charge in [-0.05, 0) is 75.8 Å². The lowest BCUT2D eigenvalue weighted by Gasteiger charge is -2.22. The molecule has 0 saturated heterocycles. The Morgan fingerprint density at radius 3 is 1.63 bits per heavy atom. The lowest BCUT2D eigenvalue weighted by molar-refractivity contribution is 0.660. The first-order valence-corrected chi connectivity index (χ1v) is 19.3. The Hall–Kier alpha value is -6.56. The SMILES string of the molecule is CC1(C)c2ccccc2-c2ccc(-c3ccc4sc5nc(-n6c7ccccc7c7ccccc76)nc(-n6c7ccccc7c7ccccc76)c5c4c3)cc21. The van der Waals surface area contributed by atoms with Crippen molar-refractivity contribution in [3.05, 3.63) is 169 Å². The maximum atomic E-state index is 5.62. The normalized spacial score (nSPS) is 13.5. The molecule has 54 heavy (non-hydrogen) atoms. The van der Waals surface area contributed by atoms with Gasteiger partial charge in [0.2, 0.25) is 5.95 Å². The van der Waals surface area contributed by atoms with E-state index in [0.717, 1.165) is 38.1 Å². The molecule has 0 fully saturated rings. The van der Waals surface area contributed by atoms with Crippen molar-refractivity contribution in [2.75, 3.05) is 0 Å². The molecule has 4 heterocycles. The number of hydrogen-bond donors (Lipinski definition) is 0. The minimum absolute atomic E-state index is 0.0676. The molecule has 4 nitrogen and oxygen atoms in total. The fraction of sp³-hybridized carbons (Fsp3) is 0.0612. The molecular weight excluding hydrogens is 677 g/mol. The fourth-order valence-electron chi connectivity index (χ4n) is 9.26. The van der Waals surface area contributed by atoms with Crippen LogP contribution in [0.5, 0.6) is 0 Å². The summed E-state index contributed by atoms with van der Waals surface area (Å²) in [6.45, 7) is 4.70. The fourth-order valence-corrected chi connectivity index (χ4v) is 10.3. The molecule has 11 aromatic rings. The van der Waals surface area contributed by atoms with Gasteiger partial charge in [0.25, 0.3) is 0 Å². The molecule has 7 aromatic carbocycles. The predicted octanol–water partition coefficient (Wildman–Crippen LogP) is 13.0. The Bertz CT molecular complexity index is 3270. The van der Waals surface area contributed by atoms with Crippen LogP contribution in [0.1, 0.15) is 25.0 Å². The summed E-state index contributed by atoms with van der Waals surface area (Å²) in [5.41, 5.74) is 12.2. The van der Waals surface area contributed by atoms with E-state index in [2.05, 4.69) is 181 Å². The maximum Gasteiger partial charge on any atom is 0.238 e. The Morgan fingerprint density at radius 1 is 0.463 bits per heavy atom. The summed E-state index contributed by atoms with van der Waals surface area (Å²) < 4.78 is 5.79. The number of para-hydroxylation sites is 4. The highest BCUT2D eigenvalue weighted by molar-refractivity contribution is 7.25. The van der Waals surface area contributed by atoms with Crippen LogP contribution in [-0.4, -0.2) is 19.1 Å². The van der Waals surface area contributed by atoms with Gasteiger partial charge >= 0.3 is 0 Å². The molecule has 0 atom stereocenters. The Morgan fingerprint density at radius 2 is 0.981 bits per heavy atom.